The Kier molecular flexibility index (Phi) is 53.3. The van der Waals surface area contributed by atoms with Crippen molar-refractivity contribution < 1.29 is 61.9 Å². The van der Waals surface area contributed by atoms with E-state index in [-0.39, 0.29) is 34.9 Å². The topological polar surface area (TPSA) is 167 Å². The van der Waals surface area contributed by atoms with Gasteiger partial charge < -0.3 is 40.2 Å². The van der Waals surface area contributed by atoms with Crippen LogP contribution in [0.3, 0.4) is 0 Å². The molecule has 2 radical (unpaired) electrons. The Hall–Kier alpha value is -0.506. The minimum Gasteiger partial charge on any atom is -0.854 e. The van der Waals surface area contributed by atoms with Gasteiger partial charge in [0.2, 0.25) is 0 Å². The van der Waals surface area contributed by atoms with E-state index >= 15 is 0 Å². The summed E-state index contributed by atoms with van der Waals surface area (Å²) < 4.78 is 0. The molecule has 0 aliphatic carbocycles. The zero-order chi connectivity index (χ0) is 28.5. The molecule has 0 aliphatic heterocycles. The van der Waals surface area contributed by atoms with Crippen molar-refractivity contribution in [1.29, 1.82) is 0 Å². The molecule has 0 aromatic rings. The number of unbranched alkanes of at least 4 members (excludes halogenated alkanes) is 12. The third-order valence-corrected chi connectivity index (χ3v) is 5.00. The molecule has 2 atom stereocenters. The second kappa shape index (κ2) is 42.6. The van der Waals surface area contributed by atoms with Crippen molar-refractivity contribution in [2.75, 3.05) is 13.2 Å². The van der Waals surface area contributed by atoms with E-state index in [1.165, 1.54) is 0 Å². The maximum atomic E-state index is 10.1. The standard InChI is InChI=1S/2C10H19O3.2C4H9O.Ti/c2*1-2-3-4-5-6-7-8-9(11)10(12)13;2*1-2-3-4-5;/h2*9,11H,1-8H2,(H,12,13);2*2-4H2,1H3;/q;;2*-1;+4/p-2. The summed E-state index contributed by atoms with van der Waals surface area (Å²) in [4.78, 5) is 20.2. The van der Waals surface area contributed by atoms with Gasteiger partial charge in [-0.1, -0.05) is 130 Å². The minimum atomic E-state index is -1.36. The van der Waals surface area contributed by atoms with Crippen LogP contribution in [0.25, 0.3) is 0 Å². The SMILES string of the molecule is CCCC[O-].CCCC[O-].[CH2]CCCCCCCC(O)C(=O)[O-].[CH2]CCCCCCCC(O)C(=O)[O-].[Ti+4]. The Labute approximate surface area is 242 Å². The second-order valence-corrected chi connectivity index (χ2v) is 8.61. The van der Waals surface area contributed by atoms with Gasteiger partial charge in [-0.15, -0.1) is 13.2 Å². The van der Waals surface area contributed by atoms with E-state index in [2.05, 4.69) is 13.8 Å². The molecule has 0 saturated heterocycles. The fourth-order valence-electron chi connectivity index (χ4n) is 2.61. The Bertz CT molecular complexity index is 383. The molecular formula is C28H54O8Ti. The van der Waals surface area contributed by atoms with Crippen LogP contribution in [0.4, 0.5) is 0 Å². The second-order valence-electron chi connectivity index (χ2n) is 8.61. The fraction of sp³-hybridized carbons (Fsp3) is 0.857. The molecule has 0 saturated carbocycles. The van der Waals surface area contributed by atoms with Crippen LogP contribution in [0.15, 0.2) is 0 Å². The van der Waals surface area contributed by atoms with E-state index in [4.69, 9.17) is 10.2 Å². The largest absolute Gasteiger partial charge is 4.00 e. The molecule has 0 aromatic heterocycles. The fourth-order valence-corrected chi connectivity index (χ4v) is 2.61. The summed E-state index contributed by atoms with van der Waals surface area (Å²) in [7, 11) is 0. The van der Waals surface area contributed by atoms with E-state index < -0.39 is 24.1 Å². The average Bonchev–Trinajstić information content (AvgIpc) is 2.85. The molecule has 0 heterocycles. The summed E-state index contributed by atoms with van der Waals surface area (Å²) in [5.41, 5.74) is 0. The molecule has 37 heavy (non-hydrogen) atoms. The molecule has 0 amide bonds. The van der Waals surface area contributed by atoms with Crippen molar-refractivity contribution in [3.05, 3.63) is 13.8 Å². The van der Waals surface area contributed by atoms with Crippen molar-refractivity contribution in [3.63, 3.8) is 0 Å². The molecule has 0 rings (SSSR count). The molecule has 0 spiro atoms. The number of rotatable bonds is 20. The first-order valence-corrected chi connectivity index (χ1v) is 13.7. The van der Waals surface area contributed by atoms with Crippen LogP contribution in [-0.4, -0.2) is 47.6 Å². The van der Waals surface area contributed by atoms with Crippen molar-refractivity contribution in [3.8, 4) is 0 Å². The van der Waals surface area contributed by atoms with Crippen LogP contribution >= 0.6 is 0 Å². The Balaban J connectivity index is -0.000000133. The molecule has 8 nitrogen and oxygen atoms in total. The van der Waals surface area contributed by atoms with E-state index in [1.807, 2.05) is 13.8 Å². The zero-order valence-corrected chi connectivity index (χ0v) is 25.1. The zero-order valence-electron chi connectivity index (χ0n) is 23.6. The summed E-state index contributed by atoms with van der Waals surface area (Å²) in [6.45, 7) is 11.7. The van der Waals surface area contributed by atoms with Crippen molar-refractivity contribution >= 4 is 11.9 Å². The van der Waals surface area contributed by atoms with E-state index in [0.29, 0.717) is 12.8 Å². The number of aliphatic hydroxyl groups excluding tert-OH is 2. The number of aliphatic carboxylic acids is 2. The normalized spacial score (nSPS) is 11.2. The maximum Gasteiger partial charge on any atom is 4.00 e. The predicted molar refractivity (Wildman–Crippen MR) is 137 cm³/mol. The molecule has 2 N–H and O–H groups in total. The third kappa shape index (κ3) is 52.7. The molecule has 0 aromatic carbocycles. The summed E-state index contributed by atoms with van der Waals surface area (Å²) in [6, 6.07) is 0. The summed E-state index contributed by atoms with van der Waals surface area (Å²) in [5.74, 6) is -2.73. The van der Waals surface area contributed by atoms with Crippen molar-refractivity contribution in [1.82, 2.24) is 0 Å². The van der Waals surface area contributed by atoms with Gasteiger partial charge in [0.05, 0.1) is 24.1 Å². The third-order valence-electron chi connectivity index (χ3n) is 5.00. The van der Waals surface area contributed by atoms with Gasteiger partial charge >= 0.3 is 21.7 Å². The molecule has 0 fully saturated rings. The molecule has 0 aliphatic rings. The first-order chi connectivity index (χ1) is 17.2. The molecular weight excluding hydrogens is 512 g/mol. The van der Waals surface area contributed by atoms with Crippen LogP contribution in [0.5, 0.6) is 0 Å². The van der Waals surface area contributed by atoms with Gasteiger partial charge in [-0.05, 0) is 12.8 Å². The average molecular weight is 567 g/mol. The number of carbonyl (C=O) groups is 2. The van der Waals surface area contributed by atoms with Gasteiger partial charge in [0.15, 0.2) is 0 Å². The predicted octanol–water partition coefficient (Wildman–Crippen LogP) is 1.62. The van der Waals surface area contributed by atoms with Crippen LogP contribution in [0.1, 0.15) is 129 Å². The number of carboxylic acids is 2. The van der Waals surface area contributed by atoms with Crippen LogP contribution < -0.4 is 20.4 Å². The van der Waals surface area contributed by atoms with E-state index in [0.717, 1.165) is 103 Å². The molecule has 0 bridgehead atoms. The molecule has 218 valence electrons. The number of carbonyl (C=O) groups excluding carboxylic acids is 2. The smallest absolute Gasteiger partial charge is 0.854 e. The van der Waals surface area contributed by atoms with Gasteiger partial charge in [0, 0.05) is 0 Å². The van der Waals surface area contributed by atoms with Gasteiger partial charge in [-0.25, -0.2) is 0 Å². The van der Waals surface area contributed by atoms with Crippen LogP contribution in [0.2, 0.25) is 0 Å². The maximum absolute atomic E-state index is 10.1. The monoisotopic (exact) mass is 566 g/mol. The molecule has 9 heteroatoms. The quantitative estimate of drug-likeness (QED) is 0.166. The number of aliphatic hydroxyl groups is 2. The van der Waals surface area contributed by atoms with Gasteiger partial charge in [-0.2, -0.15) is 0 Å². The molecule has 2 unspecified atom stereocenters. The van der Waals surface area contributed by atoms with E-state index in [9.17, 15) is 30.0 Å². The number of hydrogen-bond acceptors (Lipinski definition) is 8. The van der Waals surface area contributed by atoms with Crippen LogP contribution in [0, 0.1) is 13.8 Å². The summed E-state index contributed by atoms with van der Waals surface area (Å²) >= 11 is 0. The van der Waals surface area contributed by atoms with Crippen molar-refractivity contribution in [2.45, 2.75) is 142 Å². The Morgan fingerprint density at radius 1 is 0.595 bits per heavy atom. The van der Waals surface area contributed by atoms with Crippen molar-refractivity contribution in [2.24, 2.45) is 0 Å². The van der Waals surface area contributed by atoms with E-state index in [1.54, 1.807) is 0 Å². The first-order valence-electron chi connectivity index (χ1n) is 13.7. The Morgan fingerprint density at radius 2 is 0.865 bits per heavy atom. The Morgan fingerprint density at radius 3 is 1.05 bits per heavy atom. The minimum absolute atomic E-state index is 0. The van der Waals surface area contributed by atoms with Gasteiger partial charge in [-0.3, -0.25) is 0 Å². The summed E-state index contributed by atoms with van der Waals surface area (Å²) in [6.07, 6.45) is 13.9. The number of carboxylic acid groups (broad SMARTS) is 2. The van der Waals surface area contributed by atoms with Gasteiger partial charge in [0.25, 0.3) is 0 Å². The first kappa shape index (κ1) is 46.4. The summed E-state index contributed by atoms with van der Waals surface area (Å²) in [5, 5.41) is 57.0. The number of hydrogen-bond donors (Lipinski definition) is 2. The van der Waals surface area contributed by atoms with Crippen LogP contribution in [-0.2, 0) is 31.3 Å². The van der Waals surface area contributed by atoms with Gasteiger partial charge in [0.1, 0.15) is 0 Å².